The fourth-order valence-electron chi connectivity index (χ4n) is 4.69. The fourth-order valence-corrected chi connectivity index (χ4v) is 5.52. The molecule has 4 atom stereocenters. The van der Waals surface area contributed by atoms with E-state index in [0.717, 1.165) is 25.3 Å². The molecule has 4 unspecified atom stereocenters. The van der Waals surface area contributed by atoms with E-state index < -0.39 is 0 Å². The number of hydrogen-bond acceptors (Lipinski definition) is 4. The minimum absolute atomic E-state index is 0. The van der Waals surface area contributed by atoms with Gasteiger partial charge in [0.1, 0.15) is 0 Å². The number of amides is 2. The minimum Gasteiger partial charge on any atom is -0.357 e. The Labute approximate surface area is 193 Å². The monoisotopic (exact) mass is 528 g/mol. The van der Waals surface area contributed by atoms with Gasteiger partial charge in [-0.1, -0.05) is 12.2 Å². The summed E-state index contributed by atoms with van der Waals surface area (Å²) in [7, 11) is 0. The third-order valence-electron chi connectivity index (χ3n) is 6.11. The minimum atomic E-state index is -0.0941. The molecule has 29 heavy (non-hydrogen) atoms. The van der Waals surface area contributed by atoms with Gasteiger partial charge in [-0.15, -0.1) is 35.3 Å². The molecule has 1 aromatic rings. The van der Waals surface area contributed by atoms with Crippen LogP contribution >= 0.6 is 35.3 Å². The molecule has 1 saturated heterocycles. The van der Waals surface area contributed by atoms with Gasteiger partial charge in [-0.2, -0.15) is 0 Å². The zero-order valence-electron chi connectivity index (χ0n) is 16.9. The van der Waals surface area contributed by atoms with Crippen molar-refractivity contribution >= 4 is 53.1 Å². The molecule has 2 N–H and O–H groups in total. The second kappa shape index (κ2) is 9.59. The van der Waals surface area contributed by atoms with Gasteiger partial charge in [-0.3, -0.25) is 14.5 Å². The highest BCUT2D eigenvalue weighted by Crippen LogP contribution is 2.52. The van der Waals surface area contributed by atoms with Crippen LogP contribution in [0.3, 0.4) is 0 Å². The molecule has 3 aliphatic rings. The number of guanidine groups is 1. The van der Waals surface area contributed by atoms with Crippen LogP contribution in [0, 0.1) is 30.6 Å². The third kappa shape index (κ3) is 4.38. The summed E-state index contributed by atoms with van der Waals surface area (Å²) in [4.78, 5) is 32.8. The van der Waals surface area contributed by atoms with Gasteiger partial charge in [-0.05, 0) is 55.5 Å². The molecule has 1 aliphatic heterocycles. The van der Waals surface area contributed by atoms with Crippen molar-refractivity contribution in [2.45, 2.75) is 33.2 Å². The van der Waals surface area contributed by atoms with Crippen LogP contribution in [0.15, 0.2) is 28.6 Å². The van der Waals surface area contributed by atoms with E-state index in [-0.39, 0.29) is 59.5 Å². The summed E-state index contributed by atoms with van der Waals surface area (Å²) in [5, 5.41) is 8.65. The van der Waals surface area contributed by atoms with Crippen LogP contribution in [0.5, 0.6) is 0 Å². The van der Waals surface area contributed by atoms with Gasteiger partial charge in [0, 0.05) is 24.5 Å². The van der Waals surface area contributed by atoms with Crippen molar-refractivity contribution < 1.29 is 9.59 Å². The second-order valence-electron chi connectivity index (χ2n) is 7.83. The average Bonchev–Trinajstić information content (AvgIpc) is 3.44. The van der Waals surface area contributed by atoms with Gasteiger partial charge < -0.3 is 10.6 Å². The zero-order valence-corrected chi connectivity index (χ0v) is 20.0. The van der Waals surface area contributed by atoms with Crippen molar-refractivity contribution in [3.63, 3.8) is 0 Å². The predicted octanol–water partition coefficient (Wildman–Crippen LogP) is 2.93. The maximum Gasteiger partial charge on any atom is 0.233 e. The fraction of sp³-hybridized carbons (Fsp3) is 0.571. The van der Waals surface area contributed by atoms with E-state index in [4.69, 9.17) is 0 Å². The van der Waals surface area contributed by atoms with E-state index in [0.29, 0.717) is 19.6 Å². The predicted molar refractivity (Wildman–Crippen MR) is 126 cm³/mol. The maximum absolute atomic E-state index is 12.7. The first kappa shape index (κ1) is 22.3. The van der Waals surface area contributed by atoms with Crippen LogP contribution in [0.25, 0.3) is 0 Å². The Kier molecular flexibility index (Phi) is 7.37. The van der Waals surface area contributed by atoms with Crippen LogP contribution in [0.2, 0.25) is 0 Å². The first-order valence-corrected chi connectivity index (χ1v) is 11.1. The normalized spacial score (nSPS) is 27.4. The van der Waals surface area contributed by atoms with Crippen molar-refractivity contribution in [2.75, 3.05) is 19.6 Å². The van der Waals surface area contributed by atoms with Gasteiger partial charge >= 0.3 is 0 Å². The Morgan fingerprint density at radius 3 is 2.48 bits per heavy atom. The van der Waals surface area contributed by atoms with Crippen molar-refractivity contribution in [3.05, 3.63) is 34.0 Å². The summed E-state index contributed by atoms with van der Waals surface area (Å²) in [6, 6.07) is 2.11. The van der Waals surface area contributed by atoms with Crippen LogP contribution in [-0.4, -0.2) is 42.3 Å². The van der Waals surface area contributed by atoms with E-state index in [1.807, 2.05) is 6.92 Å². The number of aryl methyl sites for hydroxylation is 1. The Balaban J connectivity index is 0.00000240. The highest BCUT2D eigenvalue weighted by Gasteiger charge is 2.58. The molecule has 2 amide bonds. The number of thiophene rings is 1. The third-order valence-corrected chi connectivity index (χ3v) is 7.11. The molecule has 1 saturated carbocycles. The summed E-state index contributed by atoms with van der Waals surface area (Å²) < 4.78 is 0. The van der Waals surface area contributed by atoms with E-state index in [9.17, 15) is 9.59 Å². The van der Waals surface area contributed by atoms with Gasteiger partial charge in [-0.25, -0.2) is 4.99 Å². The molecule has 0 aromatic carbocycles. The molecular weight excluding hydrogens is 499 g/mol. The number of halogens is 1. The Morgan fingerprint density at radius 1 is 1.21 bits per heavy atom. The number of carbonyl (C=O) groups is 2. The highest BCUT2D eigenvalue weighted by molar-refractivity contribution is 14.0. The molecule has 2 fully saturated rings. The summed E-state index contributed by atoms with van der Waals surface area (Å²) in [5.74, 6) is 1.23. The summed E-state index contributed by atoms with van der Waals surface area (Å²) in [5.41, 5.74) is 1.27. The number of rotatable bonds is 7. The lowest BCUT2D eigenvalue weighted by Crippen LogP contribution is -2.40. The smallest absolute Gasteiger partial charge is 0.233 e. The molecular formula is C21H29IN4O2S. The van der Waals surface area contributed by atoms with Crippen molar-refractivity contribution in [1.29, 1.82) is 0 Å². The molecule has 4 rings (SSSR count). The zero-order chi connectivity index (χ0) is 19.7. The molecule has 6 nitrogen and oxygen atoms in total. The van der Waals surface area contributed by atoms with Crippen LogP contribution in [0.1, 0.15) is 30.2 Å². The van der Waals surface area contributed by atoms with Crippen LogP contribution in [-0.2, 0) is 16.1 Å². The Bertz CT molecular complexity index is 791. The largest absolute Gasteiger partial charge is 0.357 e. The van der Waals surface area contributed by atoms with E-state index in [1.165, 1.54) is 15.3 Å². The molecule has 1 aromatic heterocycles. The maximum atomic E-state index is 12.7. The summed E-state index contributed by atoms with van der Waals surface area (Å²) in [6.45, 7) is 6.74. The summed E-state index contributed by atoms with van der Waals surface area (Å²) in [6.07, 6.45) is 5.98. The van der Waals surface area contributed by atoms with Crippen molar-refractivity contribution in [2.24, 2.45) is 28.7 Å². The molecule has 8 heteroatoms. The van der Waals surface area contributed by atoms with Crippen molar-refractivity contribution in [3.8, 4) is 0 Å². The first-order valence-electron chi connectivity index (χ1n) is 10.2. The Morgan fingerprint density at radius 2 is 1.90 bits per heavy atom. The van der Waals surface area contributed by atoms with E-state index >= 15 is 0 Å². The number of imide groups is 1. The number of nitrogens with one attached hydrogen (secondary N) is 2. The second-order valence-corrected chi connectivity index (χ2v) is 8.83. The number of fused-ring (bicyclic) bond motifs is 5. The number of carbonyl (C=O) groups excluding carboxylic acids is 2. The van der Waals surface area contributed by atoms with Gasteiger partial charge in [0.05, 0.1) is 18.4 Å². The molecule has 2 heterocycles. The number of nitrogens with zero attached hydrogens (tertiary/aromatic N) is 2. The van der Waals surface area contributed by atoms with E-state index in [1.54, 1.807) is 11.3 Å². The molecule has 2 aliphatic carbocycles. The topological polar surface area (TPSA) is 73.8 Å². The van der Waals surface area contributed by atoms with Gasteiger partial charge in [0.25, 0.3) is 0 Å². The standard InChI is InChI=1S/C21H28N4O2S.HI/c1-3-22-21(24-12-16-13(2)7-10-28-16)23-8-4-9-25-19(26)17-14-5-6-15(11-14)18(17)20(25)27;/h5-7,10,14-15,17-18H,3-4,8-9,11-12H2,1-2H3,(H2,22,23,24);1H. The van der Waals surface area contributed by atoms with Crippen molar-refractivity contribution in [1.82, 2.24) is 15.5 Å². The number of allylic oxidation sites excluding steroid dienone is 2. The molecule has 0 spiro atoms. The Hall–Kier alpha value is -1.42. The van der Waals surface area contributed by atoms with E-state index in [2.05, 4.69) is 46.1 Å². The average molecular weight is 528 g/mol. The van der Waals surface area contributed by atoms with Crippen LogP contribution < -0.4 is 10.6 Å². The SMILES string of the molecule is CCNC(=NCc1sccc1C)NCCCN1C(=O)C2C3C=CC(C3)C2C1=O.I. The lowest BCUT2D eigenvalue weighted by atomic mass is 9.85. The molecule has 2 bridgehead atoms. The number of likely N-dealkylation sites (tertiary alicyclic amines) is 1. The van der Waals surface area contributed by atoms with Gasteiger partial charge in [0.15, 0.2) is 5.96 Å². The quantitative estimate of drug-likeness (QED) is 0.143. The van der Waals surface area contributed by atoms with Gasteiger partial charge in [0.2, 0.25) is 11.8 Å². The first-order chi connectivity index (χ1) is 13.6. The molecule has 158 valence electrons. The summed E-state index contributed by atoms with van der Waals surface area (Å²) >= 11 is 1.72. The number of hydrogen-bond donors (Lipinski definition) is 2. The number of aliphatic imine (C=N–C) groups is 1. The lowest BCUT2D eigenvalue weighted by Gasteiger charge is -2.18. The highest BCUT2D eigenvalue weighted by atomic mass is 127. The van der Waals surface area contributed by atoms with Crippen LogP contribution in [0.4, 0.5) is 0 Å². The molecule has 0 radical (unpaired) electrons. The lowest BCUT2D eigenvalue weighted by molar-refractivity contribution is -0.140.